The van der Waals surface area contributed by atoms with Gasteiger partial charge in [0.2, 0.25) is 5.91 Å². The van der Waals surface area contributed by atoms with Gasteiger partial charge in [0, 0.05) is 7.05 Å². The van der Waals surface area contributed by atoms with E-state index in [2.05, 4.69) is 5.32 Å². The van der Waals surface area contributed by atoms with E-state index in [0.29, 0.717) is 0 Å². The lowest BCUT2D eigenvalue weighted by Gasteiger charge is -2.21. The Morgan fingerprint density at radius 3 is 2.47 bits per heavy atom. The molecule has 102 valence electrons. The number of rotatable bonds is 2. The number of nitrogens with zero attached hydrogens (tertiary/aromatic N) is 1. The summed E-state index contributed by atoms with van der Waals surface area (Å²) in [6.07, 6.45) is 4.19. The lowest BCUT2D eigenvalue weighted by molar-refractivity contribution is -0.132. The van der Waals surface area contributed by atoms with E-state index < -0.39 is 0 Å². The van der Waals surface area contributed by atoms with Gasteiger partial charge in [0.05, 0.1) is 12.6 Å². The molecule has 1 atom stereocenters. The number of hydrogen-bond acceptors (Lipinski definition) is 3. The average molecular weight is 260 g/mol. The molecule has 19 heavy (non-hydrogen) atoms. The number of ether oxygens (including phenoxy) is 1. The molecule has 1 saturated carbocycles. The first kappa shape index (κ1) is 12.5. The van der Waals surface area contributed by atoms with Gasteiger partial charge in [-0.05, 0) is 30.5 Å². The van der Waals surface area contributed by atoms with Crippen molar-refractivity contribution in [1.82, 2.24) is 10.2 Å². The van der Waals surface area contributed by atoms with Crippen LogP contribution in [0.5, 0.6) is 5.75 Å². The molecule has 2 aliphatic rings. The van der Waals surface area contributed by atoms with Gasteiger partial charge in [0.15, 0.2) is 0 Å². The summed E-state index contributed by atoms with van der Waals surface area (Å²) in [4.78, 5) is 14.3. The van der Waals surface area contributed by atoms with Crippen molar-refractivity contribution in [3.63, 3.8) is 0 Å². The van der Waals surface area contributed by atoms with Gasteiger partial charge in [0.25, 0.3) is 0 Å². The monoisotopic (exact) mass is 260 g/mol. The molecule has 1 aromatic carbocycles. The molecule has 1 heterocycles. The van der Waals surface area contributed by atoms with Crippen molar-refractivity contribution < 1.29 is 9.53 Å². The van der Waals surface area contributed by atoms with Crippen LogP contribution in [0.25, 0.3) is 0 Å². The Morgan fingerprint density at radius 1 is 1.26 bits per heavy atom. The van der Waals surface area contributed by atoms with Gasteiger partial charge >= 0.3 is 0 Å². The van der Waals surface area contributed by atoms with Crippen molar-refractivity contribution in [2.24, 2.45) is 0 Å². The second kappa shape index (κ2) is 4.53. The molecule has 0 aromatic heterocycles. The molecule has 0 radical (unpaired) electrons. The van der Waals surface area contributed by atoms with Crippen LogP contribution in [0.15, 0.2) is 24.3 Å². The molecule has 1 aliphatic heterocycles. The molecule has 1 aliphatic carbocycles. The number of carbonyl (C=O) groups excluding carboxylic acids is 1. The average Bonchev–Trinajstić information content (AvgIpc) is 3.01. The Balaban J connectivity index is 1.87. The summed E-state index contributed by atoms with van der Waals surface area (Å²) in [7, 11) is 3.54. The Bertz CT molecular complexity index is 477. The SMILES string of the molecule is COc1ccc(C2NC3(CCCC3)C(=O)N2C)cc1. The van der Waals surface area contributed by atoms with Crippen LogP contribution in [0.4, 0.5) is 0 Å². The highest BCUT2D eigenvalue weighted by Crippen LogP contribution is 2.40. The Hall–Kier alpha value is -1.55. The van der Waals surface area contributed by atoms with Crippen molar-refractivity contribution in [3.8, 4) is 5.75 Å². The van der Waals surface area contributed by atoms with Gasteiger partial charge in [0.1, 0.15) is 11.9 Å². The van der Waals surface area contributed by atoms with E-state index in [4.69, 9.17) is 4.74 Å². The zero-order valence-electron chi connectivity index (χ0n) is 11.5. The Labute approximate surface area is 113 Å². The number of hydrogen-bond donors (Lipinski definition) is 1. The minimum atomic E-state index is -0.306. The van der Waals surface area contributed by atoms with Crippen molar-refractivity contribution >= 4 is 5.91 Å². The van der Waals surface area contributed by atoms with E-state index in [0.717, 1.165) is 37.0 Å². The number of likely N-dealkylation sites (N-methyl/N-ethyl adjacent to an activating group) is 1. The number of amides is 1. The van der Waals surface area contributed by atoms with Crippen LogP contribution in [-0.2, 0) is 4.79 Å². The molecule has 0 bridgehead atoms. The Morgan fingerprint density at radius 2 is 1.89 bits per heavy atom. The summed E-state index contributed by atoms with van der Waals surface area (Å²) >= 11 is 0. The normalized spacial score (nSPS) is 25.3. The van der Waals surface area contributed by atoms with Crippen molar-refractivity contribution in [3.05, 3.63) is 29.8 Å². The maximum atomic E-state index is 12.5. The van der Waals surface area contributed by atoms with Crippen LogP contribution in [-0.4, -0.2) is 30.5 Å². The van der Waals surface area contributed by atoms with E-state index in [-0.39, 0.29) is 17.6 Å². The molecule has 1 spiro atoms. The first-order valence-corrected chi connectivity index (χ1v) is 6.85. The molecule has 1 amide bonds. The predicted molar refractivity (Wildman–Crippen MR) is 72.8 cm³/mol. The van der Waals surface area contributed by atoms with Gasteiger partial charge in [-0.1, -0.05) is 25.0 Å². The van der Waals surface area contributed by atoms with Gasteiger partial charge < -0.3 is 9.64 Å². The van der Waals surface area contributed by atoms with Crippen LogP contribution in [0.2, 0.25) is 0 Å². The van der Waals surface area contributed by atoms with Crippen LogP contribution >= 0.6 is 0 Å². The lowest BCUT2D eigenvalue weighted by Crippen LogP contribution is -2.43. The zero-order chi connectivity index (χ0) is 13.5. The van der Waals surface area contributed by atoms with Crippen molar-refractivity contribution in [2.45, 2.75) is 37.4 Å². The third-order valence-corrected chi connectivity index (χ3v) is 4.42. The van der Waals surface area contributed by atoms with E-state index in [9.17, 15) is 4.79 Å². The van der Waals surface area contributed by atoms with Crippen LogP contribution in [0, 0.1) is 0 Å². The quantitative estimate of drug-likeness (QED) is 0.885. The second-order valence-electron chi connectivity index (χ2n) is 5.53. The third-order valence-electron chi connectivity index (χ3n) is 4.42. The summed E-state index contributed by atoms with van der Waals surface area (Å²) < 4.78 is 5.17. The highest BCUT2D eigenvalue weighted by Gasteiger charge is 2.51. The summed E-state index contributed by atoms with van der Waals surface area (Å²) in [5.74, 6) is 1.08. The molecule has 4 heteroatoms. The second-order valence-corrected chi connectivity index (χ2v) is 5.53. The molecule has 1 saturated heterocycles. The molecule has 2 fully saturated rings. The lowest BCUT2D eigenvalue weighted by atomic mass is 9.98. The largest absolute Gasteiger partial charge is 0.497 e. The van der Waals surface area contributed by atoms with E-state index in [1.807, 2.05) is 36.2 Å². The molecular weight excluding hydrogens is 240 g/mol. The van der Waals surface area contributed by atoms with E-state index in [1.165, 1.54) is 0 Å². The van der Waals surface area contributed by atoms with Gasteiger partial charge in [-0.2, -0.15) is 0 Å². The minimum Gasteiger partial charge on any atom is -0.497 e. The highest BCUT2D eigenvalue weighted by molar-refractivity contribution is 5.89. The first-order chi connectivity index (χ1) is 9.16. The van der Waals surface area contributed by atoms with E-state index in [1.54, 1.807) is 7.11 Å². The third kappa shape index (κ3) is 1.91. The summed E-state index contributed by atoms with van der Waals surface area (Å²) in [6, 6.07) is 7.92. The molecule has 3 rings (SSSR count). The fourth-order valence-electron chi connectivity index (χ4n) is 3.31. The maximum Gasteiger partial charge on any atom is 0.244 e. The fraction of sp³-hybridized carbons (Fsp3) is 0.533. The number of nitrogens with one attached hydrogen (secondary N) is 1. The van der Waals surface area contributed by atoms with Crippen LogP contribution in [0.3, 0.4) is 0 Å². The molecular formula is C15H20N2O2. The highest BCUT2D eigenvalue weighted by atomic mass is 16.5. The Kier molecular flexibility index (Phi) is 2.97. The summed E-state index contributed by atoms with van der Waals surface area (Å²) in [5.41, 5.74) is 0.805. The van der Waals surface area contributed by atoms with Crippen molar-refractivity contribution in [2.75, 3.05) is 14.2 Å². The maximum absolute atomic E-state index is 12.5. The van der Waals surface area contributed by atoms with Gasteiger partial charge in [-0.15, -0.1) is 0 Å². The standard InChI is InChI=1S/C15H20N2O2/c1-17-13(11-5-7-12(19-2)8-6-11)16-15(14(17)18)9-3-4-10-15/h5-8,13,16H,3-4,9-10H2,1-2H3. The van der Waals surface area contributed by atoms with Gasteiger partial charge in [-0.25, -0.2) is 0 Å². The first-order valence-electron chi connectivity index (χ1n) is 6.85. The fourth-order valence-corrected chi connectivity index (χ4v) is 3.31. The number of carbonyl (C=O) groups is 1. The molecule has 1 N–H and O–H groups in total. The topological polar surface area (TPSA) is 41.6 Å². The molecule has 1 unspecified atom stereocenters. The molecule has 4 nitrogen and oxygen atoms in total. The van der Waals surface area contributed by atoms with Gasteiger partial charge in [-0.3, -0.25) is 10.1 Å². The summed E-state index contributed by atoms with van der Waals surface area (Å²) in [5, 5.41) is 3.56. The van der Waals surface area contributed by atoms with Crippen LogP contribution < -0.4 is 10.1 Å². The number of benzene rings is 1. The predicted octanol–water partition coefficient (Wildman–Crippen LogP) is 2.07. The smallest absolute Gasteiger partial charge is 0.244 e. The summed E-state index contributed by atoms with van der Waals surface area (Å²) in [6.45, 7) is 0. The zero-order valence-corrected chi connectivity index (χ0v) is 11.5. The number of methoxy groups -OCH3 is 1. The minimum absolute atomic E-state index is 0.0171. The van der Waals surface area contributed by atoms with Crippen LogP contribution in [0.1, 0.15) is 37.4 Å². The van der Waals surface area contributed by atoms with E-state index >= 15 is 0 Å². The van der Waals surface area contributed by atoms with Crippen molar-refractivity contribution in [1.29, 1.82) is 0 Å². The molecule has 1 aromatic rings.